The van der Waals surface area contributed by atoms with Gasteiger partial charge < -0.3 is 10.2 Å². The van der Waals surface area contributed by atoms with Gasteiger partial charge in [0.05, 0.1) is 5.75 Å². The second kappa shape index (κ2) is 14.4. The topological polar surface area (TPSA) is 49.4 Å². The van der Waals surface area contributed by atoms with E-state index in [1.807, 2.05) is 48.5 Å². The largest absolute Gasteiger partial charge is 0.352 e. The normalized spacial score (nSPS) is 14.6. The standard InChI is InChI=1S/C31H34ClFN2O2S/c32-27-17-9-7-13-24(27)20-35(30(36)22-38-21-25-14-8-10-18-28(25)33)29(19-23-11-3-1-4-12-23)31(37)34-26-15-5-2-6-16-26/h1,3-4,7-14,17-18,26,29H,2,5-6,15-16,19-22H2,(H,34,37). The van der Waals surface area contributed by atoms with Gasteiger partial charge in [0.1, 0.15) is 11.9 Å². The first-order chi connectivity index (χ1) is 18.5. The lowest BCUT2D eigenvalue weighted by Crippen LogP contribution is -2.53. The molecule has 0 radical (unpaired) electrons. The molecule has 1 N–H and O–H groups in total. The molecule has 4 rings (SSSR count). The van der Waals surface area contributed by atoms with Crippen LogP contribution in [0.2, 0.25) is 5.02 Å². The predicted molar refractivity (Wildman–Crippen MR) is 154 cm³/mol. The maximum absolute atomic E-state index is 14.1. The molecular weight excluding hydrogens is 519 g/mol. The Hall–Kier alpha value is -2.83. The Morgan fingerprint density at radius 1 is 0.921 bits per heavy atom. The summed E-state index contributed by atoms with van der Waals surface area (Å²) in [4.78, 5) is 29.2. The van der Waals surface area contributed by atoms with E-state index in [1.54, 1.807) is 29.2 Å². The molecule has 0 heterocycles. The average Bonchev–Trinajstić information content (AvgIpc) is 2.93. The van der Waals surface area contributed by atoms with E-state index in [0.29, 0.717) is 22.8 Å². The van der Waals surface area contributed by atoms with Crippen molar-refractivity contribution >= 4 is 35.2 Å². The van der Waals surface area contributed by atoms with Crippen LogP contribution in [0.1, 0.15) is 48.8 Å². The fourth-order valence-corrected chi connectivity index (χ4v) is 5.95. The van der Waals surface area contributed by atoms with Crippen LogP contribution in [0, 0.1) is 5.82 Å². The van der Waals surface area contributed by atoms with Crippen LogP contribution in [0.25, 0.3) is 0 Å². The van der Waals surface area contributed by atoms with Gasteiger partial charge in [-0.05, 0) is 41.7 Å². The maximum Gasteiger partial charge on any atom is 0.243 e. The van der Waals surface area contributed by atoms with Crippen LogP contribution >= 0.6 is 23.4 Å². The van der Waals surface area contributed by atoms with Crippen molar-refractivity contribution in [2.24, 2.45) is 0 Å². The minimum atomic E-state index is -0.697. The fraction of sp³-hybridized carbons (Fsp3) is 0.355. The summed E-state index contributed by atoms with van der Waals surface area (Å²) in [5.41, 5.74) is 2.32. The molecule has 0 bridgehead atoms. The highest BCUT2D eigenvalue weighted by Crippen LogP contribution is 2.24. The monoisotopic (exact) mass is 552 g/mol. The van der Waals surface area contributed by atoms with Crippen LogP contribution in [0.5, 0.6) is 0 Å². The number of thioether (sulfide) groups is 1. The van der Waals surface area contributed by atoms with Gasteiger partial charge in [-0.15, -0.1) is 11.8 Å². The first-order valence-electron chi connectivity index (χ1n) is 13.2. The Morgan fingerprint density at radius 3 is 2.29 bits per heavy atom. The minimum absolute atomic E-state index is 0.126. The molecule has 200 valence electrons. The van der Waals surface area contributed by atoms with E-state index >= 15 is 0 Å². The van der Waals surface area contributed by atoms with Crippen molar-refractivity contribution in [3.05, 3.63) is 106 Å². The number of hydrogen-bond donors (Lipinski definition) is 1. The lowest BCUT2D eigenvalue weighted by atomic mass is 9.94. The fourth-order valence-electron chi connectivity index (χ4n) is 4.86. The number of nitrogens with zero attached hydrogens (tertiary/aromatic N) is 1. The Bertz CT molecular complexity index is 1200. The van der Waals surface area contributed by atoms with Crippen LogP contribution in [-0.4, -0.2) is 34.6 Å². The second-order valence-electron chi connectivity index (χ2n) is 9.75. The SMILES string of the molecule is O=C(NC1CCCCC1)C(Cc1ccccc1)N(Cc1ccccc1Cl)C(=O)CSCc1ccccc1F. The lowest BCUT2D eigenvalue weighted by Gasteiger charge is -2.33. The molecule has 7 heteroatoms. The molecule has 38 heavy (non-hydrogen) atoms. The highest BCUT2D eigenvalue weighted by atomic mass is 35.5. The van der Waals surface area contributed by atoms with Gasteiger partial charge in [0, 0.05) is 29.8 Å². The third kappa shape index (κ3) is 8.08. The molecule has 3 aromatic rings. The maximum atomic E-state index is 14.1. The molecule has 2 amide bonds. The molecule has 1 aliphatic carbocycles. The molecule has 4 nitrogen and oxygen atoms in total. The molecule has 1 saturated carbocycles. The molecule has 0 spiro atoms. The Morgan fingerprint density at radius 2 is 1.58 bits per heavy atom. The van der Waals surface area contributed by atoms with Crippen LogP contribution < -0.4 is 5.32 Å². The van der Waals surface area contributed by atoms with Gasteiger partial charge in [-0.3, -0.25) is 9.59 Å². The number of halogens is 2. The molecule has 1 atom stereocenters. The van der Waals surface area contributed by atoms with Gasteiger partial charge in [0.2, 0.25) is 11.8 Å². The molecule has 0 aromatic heterocycles. The lowest BCUT2D eigenvalue weighted by molar-refractivity contribution is -0.139. The van der Waals surface area contributed by atoms with E-state index in [-0.39, 0.29) is 36.0 Å². The average molecular weight is 553 g/mol. The third-order valence-corrected chi connectivity index (χ3v) is 8.30. The van der Waals surface area contributed by atoms with Crippen molar-refractivity contribution < 1.29 is 14.0 Å². The zero-order valence-corrected chi connectivity index (χ0v) is 23.0. The van der Waals surface area contributed by atoms with Crippen molar-refractivity contribution in [2.75, 3.05) is 5.75 Å². The van der Waals surface area contributed by atoms with Crippen LogP contribution in [-0.2, 0) is 28.3 Å². The van der Waals surface area contributed by atoms with E-state index in [0.717, 1.165) is 36.8 Å². The van der Waals surface area contributed by atoms with E-state index < -0.39 is 6.04 Å². The number of nitrogens with one attached hydrogen (secondary N) is 1. The van der Waals surface area contributed by atoms with Crippen molar-refractivity contribution in [2.45, 2.75) is 62.9 Å². The van der Waals surface area contributed by atoms with Crippen molar-refractivity contribution in [1.82, 2.24) is 10.2 Å². The molecule has 1 aliphatic rings. The summed E-state index contributed by atoms with van der Waals surface area (Å²) >= 11 is 7.84. The number of amides is 2. The third-order valence-electron chi connectivity index (χ3n) is 6.96. The van der Waals surface area contributed by atoms with Gasteiger partial charge in [0.25, 0.3) is 0 Å². The van der Waals surface area contributed by atoms with E-state index in [1.165, 1.54) is 24.2 Å². The van der Waals surface area contributed by atoms with E-state index in [4.69, 9.17) is 11.6 Å². The molecule has 0 saturated heterocycles. The van der Waals surface area contributed by atoms with Crippen molar-refractivity contribution in [3.8, 4) is 0 Å². The van der Waals surface area contributed by atoms with Crippen molar-refractivity contribution in [3.63, 3.8) is 0 Å². The first-order valence-corrected chi connectivity index (χ1v) is 14.7. The van der Waals surface area contributed by atoms with E-state index in [2.05, 4.69) is 5.32 Å². The zero-order valence-electron chi connectivity index (χ0n) is 21.5. The Labute approximate surface area is 234 Å². The number of rotatable bonds is 11. The number of carbonyl (C=O) groups is 2. The van der Waals surface area contributed by atoms with Crippen LogP contribution in [0.3, 0.4) is 0 Å². The highest BCUT2D eigenvalue weighted by molar-refractivity contribution is 7.99. The molecular formula is C31H34ClFN2O2S. The summed E-state index contributed by atoms with van der Waals surface area (Å²) in [7, 11) is 0. The molecule has 1 fully saturated rings. The summed E-state index contributed by atoms with van der Waals surface area (Å²) in [5.74, 6) is -0.100. The summed E-state index contributed by atoms with van der Waals surface area (Å²) < 4.78 is 14.1. The smallest absolute Gasteiger partial charge is 0.243 e. The second-order valence-corrected chi connectivity index (χ2v) is 11.1. The van der Waals surface area contributed by atoms with Gasteiger partial charge >= 0.3 is 0 Å². The van der Waals surface area contributed by atoms with Gasteiger partial charge in [-0.1, -0.05) is 97.6 Å². The van der Waals surface area contributed by atoms with Crippen LogP contribution in [0.4, 0.5) is 4.39 Å². The number of benzene rings is 3. The Kier molecular flexibility index (Phi) is 10.6. The summed E-state index contributed by atoms with van der Waals surface area (Å²) in [6, 6.07) is 23.2. The van der Waals surface area contributed by atoms with Crippen LogP contribution in [0.15, 0.2) is 78.9 Å². The minimum Gasteiger partial charge on any atom is -0.352 e. The van der Waals surface area contributed by atoms with Gasteiger partial charge in [-0.2, -0.15) is 0 Å². The Balaban J connectivity index is 1.58. The number of carbonyl (C=O) groups excluding carboxylic acids is 2. The van der Waals surface area contributed by atoms with E-state index in [9.17, 15) is 14.0 Å². The zero-order chi connectivity index (χ0) is 26.7. The molecule has 1 unspecified atom stereocenters. The van der Waals surface area contributed by atoms with Gasteiger partial charge in [-0.25, -0.2) is 4.39 Å². The molecule has 3 aromatic carbocycles. The highest BCUT2D eigenvalue weighted by Gasteiger charge is 2.32. The summed E-state index contributed by atoms with van der Waals surface area (Å²) in [6.07, 6.45) is 5.71. The molecule has 0 aliphatic heterocycles. The predicted octanol–water partition coefficient (Wildman–Crippen LogP) is 6.80. The summed E-state index contributed by atoms with van der Waals surface area (Å²) in [6.45, 7) is 0.217. The summed E-state index contributed by atoms with van der Waals surface area (Å²) in [5, 5.41) is 3.79. The quantitative estimate of drug-likeness (QED) is 0.284. The van der Waals surface area contributed by atoms with Crippen molar-refractivity contribution in [1.29, 1.82) is 0 Å². The van der Waals surface area contributed by atoms with Gasteiger partial charge in [0.15, 0.2) is 0 Å². The first kappa shape index (κ1) is 28.2. The number of hydrogen-bond acceptors (Lipinski definition) is 3.